The minimum Gasteiger partial charge on any atom is -0.309 e. The van der Waals surface area contributed by atoms with Gasteiger partial charge in [-0.2, -0.15) is 5.10 Å². The van der Waals surface area contributed by atoms with Gasteiger partial charge in [0.15, 0.2) is 0 Å². The summed E-state index contributed by atoms with van der Waals surface area (Å²) in [5.74, 6) is 0. The van der Waals surface area contributed by atoms with Crippen LogP contribution in [0.25, 0.3) is 0 Å². The number of hydrogen-bond donors (Lipinski definition) is 1. The Labute approximate surface area is 113 Å². The van der Waals surface area contributed by atoms with Crippen molar-refractivity contribution in [1.82, 2.24) is 15.1 Å². The SMILES string of the molecule is CC(C)NCc1ccn(Cc2cccc(Cl)c2)n1. The molecule has 0 spiro atoms. The number of nitrogens with one attached hydrogen (secondary N) is 1. The van der Waals surface area contributed by atoms with Gasteiger partial charge in [-0.1, -0.05) is 37.6 Å². The van der Waals surface area contributed by atoms with Crippen LogP contribution in [-0.4, -0.2) is 15.8 Å². The molecule has 0 saturated heterocycles. The number of hydrogen-bond acceptors (Lipinski definition) is 2. The Bertz CT molecular complexity index is 505. The summed E-state index contributed by atoms with van der Waals surface area (Å²) in [5.41, 5.74) is 2.22. The number of benzene rings is 1. The highest BCUT2D eigenvalue weighted by atomic mass is 35.5. The fourth-order valence-electron chi connectivity index (χ4n) is 1.72. The van der Waals surface area contributed by atoms with Crippen molar-refractivity contribution in [3.63, 3.8) is 0 Å². The van der Waals surface area contributed by atoms with E-state index in [0.717, 1.165) is 29.4 Å². The lowest BCUT2D eigenvalue weighted by atomic mass is 10.2. The van der Waals surface area contributed by atoms with E-state index >= 15 is 0 Å². The molecular formula is C14H18ClN3. The normalized spacial score (nSPS) is 11.1. The summed E-state index contributed by atoms with van der Waals surface area (Å²) in [7, 11) is 0. The van der Waals surface area contributed by atoms with Crippen LogP contribution in [0.15, 0.2) is 36.5 Å². The van der Waals surface area contributed by atoms with Crippen LogP contribution < -0.4 is 5.32 Å². The van der Waals surface area contributed by atoms with Crippen LogP contribution in [0.2, 0.25) is 5.02 Å². The minimum atomic E-state index is 0.475. The van der Waals surface area contributed by atoms with E-state index in [1.165, 1.54) is 0 Å². The van der Waals surface area contributed by atoms with Crippen LogP contribution in [0, 0.1) is 0 Å². The van der Waals surface area contributed by atoms with E-state index in [9.17, 15) is 0 Å². The van der Waals surface area contributed by atoms with Gasteiger partial charge in [-0.05, 0) is 23.8 Å². The van der Waals surface area contributed by atoms with E-state index < -0.39 is 0 Å². The molecule has 2 rings (SSSR count). The van der Waals surface area contributed by atoms with Crippen LogP contribution in [0.3, 0.4) is 0 Å². The van der Waals surface area contributed by atoms with E-state index in [0.29, 0.717) is 6.04 Å². The molecule has 0 fully saturated rings. The molecule has 18 heavy (non-hydrogen) atoms. The molecule has 1 heterocycles. The molecule has 0 atom stereocenters. The first-order valence-corrected chi connectivity index (χ1v) is 6.51. The Hall–Kier alpha value is -1.32. The minimum absolute atomic E-state index is 0.475. The summed E-state index contributed by atoms with van der Waals surface area (Å²) in [6.45, 7) is 5.81. The van der Waals surface area contributed by atoms with E-state index in [1.807, 2.05) is 35.1 Å². The van der Waals surface area contributed by atoms with Crippen molar-refractivity contribution in [2.45, 2.75) is 33.0 Å². The molecule has 0 saturated carbocycles. The second-order valence-electron chi connectivity index (χ2n) is 4.67. The summed E-state index contributed by atoms with van der Waals surface area (Å²) < 4.78 is 1.93. The summed E-state index contributed by atoms with van der Waals surface area (Å²) in [6.07, 6.45) is 2.00. The Kier molecular flexibility index (Phi) is 4.39. The third-order valence-corrected chi connectivity index (χ3v) is 2.86. The third-order valence-electron chi connectivity index (χ3n) is 2.62. The lowest BCUT2D eigenvalue weighted by Crippen LogP contribution is -2.22. The Morgan fingerprint density at radius 3 is 2.89 bits per heavy atom. The zero-order chi connectivity index (χ0) is 13.0. The largest absolute Gasteiger partial charge is 0.309 e. The maximum absolute atomic E-state index is 5.96. The zero-order valence-electron chi connectivity index (χ0n) is 10.7. The molecule has 0 unspecified atom stereocenters. The van der Waals surface area contributed by atoms with Gasteiger partial charge in [0.25, 0.3) is 0 Å². The van der Waals surface area contributed by atoms with Crippen molar-refractivity contribution in [3.8, 4) is 0 Å². The first-order chi connectivity index (χ1) is 8.63. The summed E-state index contributed by atoms with van der Waals surface area (Å²) >= 11 is 5.96. The molecule has 1 aromatic carbocycles. The second kappa shape index (κ2) is 6.03. The number of nitrogens with zero attached hydrogens (tertiary/aromatic N) is 2. The summed E-state index contributed by atoms with van der Waals surface area (Å²) in [5, 5.41) is 8.63. The van der Waals surface area contributed by atoms with Crippen molar-refractivity contribution < 1.29 is 0 Å². The quantitative estimate of drug-likeness (QED) is 0.899. The van der Waals surface area contributed by atoms with Gasteiger partial charge in [-0.15, -0.1) is 0 Å². The van der Waals surface area contributed by atoms with E-state index in [2.05, 4.69) is 30.3 Å². The molecule has 1 N–H and O–H groups in total. The van der Waals surface area contributed by atoms with Crippen LogP contribution in [0.4, 0.5) is 0 Å². The predicted molar refractivity (Wildman–Crippen MR) is 74.8 cm³/mol. The first kappa shape index (κ1) is 13.1. The maximum atomic E-state index is 5.96. The number of aromatic nitrogens is 2. The molecule has 0 bridgehead atoms. The highest BCUT2D eigenvalue weighted by molar-refractivity contribution is 6.30. The molecule has 0 aliphatic rings. The molecule has 1 aromatic heterocycles. The van der Waals surface area contributed by atoms with Gasteiger partial charge in [-0.3, -0.25) is 4.68 Å². The Morgan fingerprint density at radius 1 is 1.33 bits per heavy atom. The van der Waals surface area contributed by atoms with Gasteiger partial charge in [0.1, 0.15) is 0 Å². The van der Waals surface area contributed by atoms with Gasteiger partial charge in [0.05, 0.1) is 12.2 Å². The lowest BCUT2D eigenvalue weighted by Gasteiger charge is -2.05. The average molecular weight is 264 g/mol. The van der Waals surface area contributed by atoms with Crippen molar-refractivity contribution >= 4 is 11.6 Å². The molecule has 0 aliphatic heterocycles. The van der Waals surface area contributed by atoms with Crippen LogP contribution in [-0.2, 0) is 13.1 Å². The third kappa shape index (κ3) is 3.86. The number of rotatable bonds is 5. The van der Waals surface area contributed by atoms with E-state index in [4.69, 9.17) is 11.6 Å². The average Bonchev–Trinajstić information content (AvgIpc) is 2.74. The van der Waals surface area contributed by atoms with E-state index in [1.54, 1.807) is 0 Å². The standard InChI is InChI=1S/C14H18ClN3/c1-11(2)16-9-14-6-7-18(17-14)10-12-4-3-5-13(15)8-12/h3-8,11,16H,9-10H2,1-2H3. The van der Waals surface area contributed by atoms with Gasteiger partial charge in [0.2, 0.25) is 0 Å². The van der Waals surface area contributed by atoms with Crippen molar-refractivity contribution in [3.05, 3.63) is 52.8 Å². The van der Waals surface area contributed by atoms with Gasteiger partial charge >= 0.3 is 0 Å². The van der Waals surface area contributed by atoms with E-state index in [-0.39, 0.29) is 0 Å². The Morgan fingerprint density at radius 2 is 2.17 bits per heavy atom. The highest BCUT2D eigenvalue weighted by Crippen LogP contribution is 2.11. The maximum Gasteiger partial charge on any atom is 0.0762 e. The zero-order valence-corrected chi connectivity index (χ0v) is 11.5. The molecule has 96 valence electrons. The number of halogens is 1. The van der Waals surface area contributed by atoms with Crippen LogP contribution >= 0.6 is 11.6 Å². The van der Waals surface area contributed by atoms with Gasteiger partial charge in [-0.25, -0.2) is 0 Å². The van der Waals surface area contributed by atoms with Gasteiger partial charge < -0.3 is 5.32 Å². The topological polar surface area (TPSA) is 29.9 Å². The smallest absolute Gasteiger partial charge is 0.0762 e. The molecule has 3 nitrogen and oxygen atoms in total. The molecular weight excluding hydrogens is 246 g/mol. The fourth-order valence-corrected chi connectivity index (χ4v) is 1.93. The molecule has 0 radical (unpaired) electrons. The van der Waals surface area contributed by atoms with Crippen LogP contribution in [0.5, 0.6) is 0 Å². The molecule has 4 heteroatoms. The monoisotopic (exact) mass is 263 g/mol. The summed E-state index contributed by atoms with van der Waals surface area (Å²) in [4.78, 5) is 0. The van der Waals surface area contributed by atoms with Crippen molar-refractivity contribution in [2.24, 2.45) is 0 Å². The molecule has 0 amide bonds. The van der Waals surface area contributed by atoms with Crippen LogP contribution in [0.1, 0.15) is 25.1 Å². The first-order valence-electron chi connectivity index (χ1n) is 6.13. The predicted octanol–water partition coefficient (Wildman–Crippen LogP) is 3.08. The molecule has 2 aromatic rings. The fraction of sp³-hybridized carbons (Fsp3) is 0.357. The lowest BCUT2D eigenvalue weighted by molar-refractivity contribution is 0.570. The molecule has 0 aliphatic carbocycles. The van der Waals surface area contributed by atoms with Crippen molar-refractivity contribution in [1.29, 1.82) is 0 Å². The second-order valence-corrected chi connectivity index (χ2v) is 5.11. The van der Waals surface area contributed by atoms with Crippen molar-refractivity contribution in [2.75, 3.05) is 0 Å². The highest BCUT2D eigenvalue weighted by Gasteiger charge is 2.01. The van der Waals surface area contributed by atoms with Gasteiger partial charge in [0, 0.05) is 23.8 Å². The summed E-state index contributed by atoms with van der Waals surface area (Å²) in [6, 6.07) is 10.4. The Balaban J connectivity index is 1.98.